The molecule has 10 heteroatoms. The van der Waals surface area contributed by atoms with Crippen molar-refractivity contribution in [1.82, 2.24) is 15.5 Å². The maximum atomic E-state index is 13.1. The molecule has 0 bridgehead atoms. The van der Waals surface area contributed by atoms with Gasteiger partial charge in [0.1, 0.15) is 6.42 Å². The summed E-state index contributed by atoms with van der Waals surface area (Å²) >= 11 is 0. The van der Waals surface area contributed by atoms with Crippen LogP contribution in [-0.2, 0) is 11.8 Å². The minimum absolute atomic E-state index is 0.0799. The number of alkyl halides is 6. The van der Waals surface area contributed by atoms with Crippen LogP contribution in [0.1, 0.15) is 18.1 Å². The van der Waals surface area contributed by atoms with E-state index in [0.717, 1.165) is 0 Å². The van der Waals surface area contributed by atoms with Gasteiger partial charge < -0.3 is 9.84 Å². The van der Waals surface area contributed by atoms with Crippen molar-refractivity contribution in [3.8, 4) is 0 Å². The summed E-state index contributed by atoms with van der Waals surface area (Å²) in [5.74, 6) is -1.61. The van der Waals surface area contributed by atoms with E-state index in [2.05, 4.69) is 20.0 Å². The van der Waals surface area contributed by atoms with Crippen molar-refractivity contribution < 1.29 is 30.9 Å². The van der Waals surface area contributed by atoms with Crippen LogP contribution in [0.5, 0.6) is 0 Å². The van der Waals surface area contributed by atoms with Crippen molar-refractivity contribution in [2.45, 2.75) is 30.6 Å². The summed E-state index contributed by atoms with van der Waals surface area (Å²) < 4.78 is 79.9. The summed E-state index contributed by atoms with van der Waals surface area (Å²) in [5.41, 5.74) is -2.40. The van der Waals surface area contributed by atoms with Crippen molar-refractivity contribution >= 4 is 0 Å². The van der Waals surface area contributed by atoms with Crippen molar-refractivity contribution in [3.63, 3.8) is 0 Å². The number of aromatic nitrogens is 2. The molecule has 1 unspecified atom stereocenters. The maximum absolute atomic E-state index is 13.1. The first-order chi connectivity index (χ1) is 8.64. The highest BCUT2D eigenvalue weighted by molar-refractivity contribution is 5.14. The van der Waals surface area contributed by atoms with Crippen LogP contribution in [0.15, 0.2) is 4.52 Å². The van der Waals surface area contributed by atoms with Gasteiger partial charge in [0.15, 0.2) is 11.2 Å². The lowest BCUT2D eigenvalue weighted by atomic mass is 9.86. The smallest absolute Gasteiger partial charge is 0.338 e. The summed E-state index contributed by atoms with van der Waals surface area (Å²) in [5, 5.41) is 5.48. The predicted molar refractivity (Wildman–Crippen MR) is 49.3 cm³/mol. The highest BCUT2D eigenvalue weighted by Gasteiger charge is 2.61. The average Bonchev–Trinajstić information content (AvgIpc) is 2.80. The molecule has 1 aromatic rings. The van der Waals surface area contributed by atoms with Gasteiger partial charge in [0, 0.05) is 6.54 Å². The van der Waals surface area contributed by atoms with Gasteiger partial charge in [-0.15, -0.1) is 0 Å². The van der Waals surface area contributed by atoms with E-state index in [1.807, 2.05) is 0 Å². The second-order valence-corrected chi connectivity index (χ2v) is 4.31. The zero-order valence-electron chi connectivity index (χ0n) is 9.40. The molecule has 1 fully saturated rings. The largest absolute Gasteiger partial charge is 0.404 e. The Morgan fingerprint density at radius 2 is 1.89 bits per heavy atom. The van der Waals surface area contributed by atoms with Crippen LogP contribution >= 0.6 is 0 Å². The molecule has 0 radical (unpaired) electrons. The Kier molecular flexibility index (Phi) is 3.23. The second kappa shape index (κ2) is 4.36. The molecule has 1 N–H and O–H groups in total. The van der Waals surface area contributed by atoms with E-state index < -0.39 is 42.4 Å². The van der Waals surface area contributed by atoms with Gasteiger partial charge in [-0.1, -0.05) is 5.16 Å². The first kappa shape index (κ1) is 14.1. The molecular formula is C9H9F6N3O. The number of hydrogen-bond donors (Lipinski definition) is 1. The highest BCUT2D eigenvalue weighted by atomic mass is 19.4. The topological polar surface area (TPSA) is 51.0 Å². The fourth-order valence-corrected chi connectivity index (χ4v) is 1.94. The van der Waals surface area contributed by atoms with Gasteiger partial charge in [-0.3, -0.25) is 0 Å². The third-order valence-corrected chi connectivity index (χ3v) is 2.93. The fourth-order valence-electron chi connectivity index (χ4n) is 1.94. The minimum atomic E-state index is -4.67. The lowest BCUT2D eigenvalue weighted by Crippen LogP contribution is -2.44. The molecule has 0 saturated carbocycles. The van der Waals surface area contributed by atoms with Crippen LogP contribution < -0.4 is 5.32 Å². The Balaban J connectivity index is 2.30. The Morgan fingerprint density at radius 3 is 2.37 bits per heavy atom. The third kappa shape index (κ3) is 2.67. The van der Waals surface area contributed by atoms with E-state index in [0.29, 0.717) is 0 Å². The molecule has 1 aliphatic rings. The Labute approximate surface area is 103 Å². The van der Waals surface area contributed by atoms with E-state index in [1.165, 1.54) is 0 Å². The quantitative estimate of drug-likeness (QED) is 0.846. The molecule has 4 nitrogen and oxygen atoms in total. The predicted octanol–water partition coefficient (Wildman–Crippen LogP) is 1.97. The number of nitrogens with zero attached hydrogens (tertiary/aromatic N) is 2. The molecule has 2 rings (SSSR count). The standard InChI is InChI=1S/C9H9F6N3O/c10-8(11,12)3-5-17-6(19-18-5)7(9(13,14)15)1-2-16-4-7/h16H,1-4H2. The van der Waals surface area contributed by atoms with E-state index in [9.17, 15) is 26.3 Å². The van der Waals surface area contributed by atoms with Crippen LogP contribution in [0.25, 0.3) is 0 Å². The number of hydrogen-bond acceptors (Lipinski definition) is 4. The van der Waals surface area contributed by atoms with Gasteiger partial charge >= 0.3 is 12.4 Å². The lowest BCUT2D eigenvalue weighted by molar-refractivity contribution is -0.191. The highest BCUT2D eigenvalue weighted by Crippen LogP contribution is 2.44. The van der Waals surface area contributed by atoms with Crippen molar-refractivity contribution in [2.24, 2.45) is 0 Å². The van der Waals surface area contributed by atoms with Crippen LogP contribution in [0.3, 0.4) is 0 Å². The maximum Gasteiger partial charge on any atom is 0.404 e. The van der Waals surface area contributed by atoms with Gasteiger partial charge in [0.2, 0.25) is 5.89 Å². The normalized spacial score (nSPS) is 24.9. The van der Waals surface area contributed by atoms with Crippen molar-refractivity contribution in [1.29, 1.82) is 0 Å². The molecule has 1 atom stereocenters. The van der Waals surface area contributed by atoms with Crippen molar-refractivity contribution in [3.05, 3.63) is 11.7 Å². The Morgan fingerprint density at radius 1 is 1.21 bits per heavy atom. The lowest BCUT2D eigenvalue weighted by Gasteiger charge is -2.26. The zero-order chi connectivity index (χ0) is 14.3. The van der Waals surface area contributed by atoms with E-state index in [1.54, 1.807) is 0 Å². The van der Waals surface area contributed by atoms with Crippen LogP contribution in [0.2, 0.25) is 0 Å². The molecule has 1 aliphatic heterocycles. The molecule has 108 valence electrons. The minimum Gasteiger partial charge on any atom is -0.338 e. The molecular weight excluding hydrogens is 280 g/mol. The molecule has 1 aromatic heterocycles. The van der Waals surface area contributed by atoms with Gasteiger partial charge in [0.05, 0.1) is 0 Å². The molecule has 0 amide bonds. The second-order valence-electron chi connectivity index (χ2n) is 4.31. The van der Waals surface area contributed by atoms with Crippen LogP contribution in [0, 0.1) is 0 Å². The van der Waals surface area contributed by atoms with Gasteiger partial charge in [-0.25, -0.2) is 0 Å². The summed E-state index contributed by atoms with van der Waals surface area (Å²) in [4.78, 5) is 3.26. The summed E-state index contributed by atoms with van der Waals surface area (Å²) in [7, 11) is 0. The molecule has 2 heterocycles. The molecule has 0 spiro atoms. The molecule has 19 heavy (non-hydrogen) atoms. The summed E-state index contributed by atoms with van der Waals surface area (Å²) in [6.07, 6.45) is -11.1. The SMILES string of the molecule is FC(F)(F)Cc1noc(C2(C(F)(F)F)CCNC2)n1. The number of nitrogens with one attached hydrogen (secondary N) is 1. The zero-order valence-corrected chi connectivity index (χ0v) is 9.40. The molecule has 0 aliphatic carbocycles. The Hall–Kier alpha value is -1.32. The van der Waals surface area contributed by atoms with Crippen LogP contribution in [-0.4, -0.2) is 35.6 Å². The van der Waals surface area contributed by atoms with E-state index in [4.69, 9.17) is 0 Å². The van der Waals surface area contributed by atoms with Gasteiger partial charge in [-0.05, 0) is 13.0 Å². The summed E-state index contributed by atoms with van der Waals surface area (Å²) in [6, 6.07) is 0. The number of rotatable bonds is 2. The average molecular weight is 289 g/mol. The summed E-state index contributed by atoms with van der Waals surface area (Å²) in [6.45, 7) is -0.402. The van der Waals surface area contributed by atoms with Crippen molar-refractivity contribution in [2.75, 3.05) is 13.1 Å². The Bertz CT molecular complexity index is 446. The molecule has 0 aromatic carbocycles. The van der Waals surface area contributed by atoms with E-state index in [-0.39, 0.29) is 13.0 Å². The third-order valence-electron chi connectivity index (χ3n) is 2.93. The number of halogens is 6. The van der Waals surface area contributed by atoms with Crippen LogP contribution in [0.4, 0.5) is 26.3 Å². The first-order valence-corrected chi connectivity index (χ1v) is 5.31. The van der Waals surface area contributed by atoms with E-state index >= 15 is 0 Å². The molecule has 1 saturated heterocycles. The van der Waals surface area contributed by atoms with Gasteiger partial charge in [0.25, 0.3) is 0 Å². The monoisotopic (exact) mass is 289 g/mol. The fraction of sp³-hybridized carbons (Fsp3) is 0.778. The first-order valence-electron chi connectivity index (χ1n) is 5.31. The van der Waals surface area contributed by atoms with Gasteiger partial charge in [-0.2, -0.15) is 31.3 Å².